The molecule has 0 radical (unpaired) electrons. The van der Waals surface area contributed by atoms with E-state index < -0.39 is 0 Å². The van der Waals surface area contributed by atoms with Gasteiger partial charge in [0.1, 0.15) is 0 Å². The van der Waals surface area contributed by atoms with Crippen molar-refractivity contribution < 1.29 is 4.79 Å². The van der Waals surface area contributed by atoms with E-state index in [1.165, 1.54) is 12.8 Å². The SMILES string of the molecule is CCCN(CCC)C(=O)CN(CC)C1CCNCC1. The molecule has 1 saturated heterocycles. The summed E-state index contributed by atoms with van der Waals surface area (Å²) in [7, 11) is 0. The van der Waals surface area contributed by atoms with E-state index >= 15 is 0 Å². The molecule has 19 heavy (non-hydrogen) atoms. The van der Waals surface area contributed by atoms with E-state index in [0.29, 0.717) is 18.5 Å². The number of piperidine rings is 1. The molecule has 0 atom stereocenters. The normalized spacial score (nSPS) is 16.8. The number of amides is 1. The highest BCUT2D eigenvalue weighted by Crippen LogP contribution is 2.12. The zero-order valence-corrected chi connectivity index (χ0v) is 13.0. The van der Waals surface area contributed by atoms with E-state index in [9.17, 15) is 4.79 Å². The van der Waals surface area contributed by atoms with Gasteiger partial charge in [0.25, 0.3) is 0 Å². The van der Waals surface area contributed by atoms with E-state index in [1.807, 2.05) is 4.90 Å². The van der Waals surface area contributed by atoms with E-state index in [1.54, 1.807) is 0 Å². The smallest absolute Gasteiger partial charge is 0.236 e. The average molecular weight is 269 g/mol. The van der Waals surface area contributed by atoms with Crippen molar-refractivity contribution in [3.8, 4) is 0 Å². The van der Waals surface area contributed by atoms with Gasteiger partial charge in [-0.05, 0) is 45.3 Å². The molecule has 1 amide bonds. The Bertz CT molecular complexity index is 246. The Labute approximate surface area is 118 Å². The first-order valence-corrected chi connectivity index (χ1v) is 7.95. The van der Waals surface area contributed by atoms with Crippen LogP contribution in [0.1, 0.15) is 46.5 Å². The number of nitrogens with one attached hydrogen (secondary N) is 1. The lowest BCUT2D eigenvalue weighted by Crippen LogP contribution is -2.48. The third-order valence-electron chi connectivity index (χ3n) is 3.91. The maximum Gasteiger partial charge on any atom is 0.236 e. The highest BCUT2D eigenvalue weighted by molar-refractivity contribution is 5.78. The Hall–Kier alpha value is -0.610. The quantitative estimate of drug-likeness (QED) is 0.728. The zero-order chi connectivity index (χ0) is 14.1. The van der Waals surface area contributed by atoms with E-state index in [4.69, 9.17) is 0 Å². The molecule has 112 valence electrons. The Morgan fingerprint density at radius 1 is 1.11 bits per heavy atom. The van der Waals surface area contributed by atoms with Gasteiger partial charge in [0.05, 0.1) is 6.54 Å². The van der Waals surface area contributed by atoms with Gasteiger partial charge in [0.2, 0.25) is 5.91 Å². The number of carbonyl (C=O) groups excluding carboxylic acids is 1. The van der Waals surface area contributed by atoms with Crippen molar-refractivity contribution in [3.63, 3.8) is 0 Å². The molecule has 1 N–H and O–H groups in total. The molecule has 4 nitrogen and oxygen atoms in total. The lowest BCUT2D eigenvalue weighted by Gasteiger charge is -2.34. The first-order chi connectivity index (χ1) is 9.22. The molecular formula is C15H31N3O. The molecule has 1 fully saturated rings. The van der Waals surface area contributed by atoms with Crippen LogP contribution in [-0.2, 0) is 4.79 Å². The molecule has 1 rings (SSSR count). The maximum absolute atomic E-state index is 12.4. The number of likely N-dealkylation sites (N-methyl/N-ethyl adjacent to an activating group) is 1. The molecule has 0 aliphatic carbocycles. The van der Waals surface area contributed by atoms with Crippen LogP contribution in [0.25, 0.3) is 0 Å². The van der Waals surface area contributed by atoms with Crippen LogP contribution >= 0.6 is 0 Å². The summed E-state index contributed by atoms with van der Waals surface area (Å²) < 4.78 is 0. The van der Waals surface area contributed by atoms with Gasteiger partial charge >= 0.3 is 0 Å². The van der Waals surface area contributed by atoms with Gasteiger partial charge in [-0.3, -0.25) is 9.69 Å². The summed E-state index contributed by atoms with van der Waals surface area (Å²) in [6.45, 7) is 12.0. The predicted molar refractivity (Wildman–Crippen MR) is 80.3 cm³/mol. The molecule has 0 saturated carbocycles. The maximum atomic E-state index is 12.4. The van der Waals surface area contributed by atoms with Crippen molar-refractivity contribution in [2.45, 2.75) is 52.5 Å². The Morgan fingerprint density at radius 2 is 1.68 bits per heavy atom. The van der Waals surface area contributed by atoms with Crippen LogP contribution in [0.3, 0.4) is 0 Å². The van der Waals surface area contributed by atoms with Crippen molar-refractivity contribution in [2.75, 3.05) is 39.3 Å². The summed E-state index contributed by atoms with van der Waals surface area (Å²) in [4.78, 5) is 16.8. The van der Waals surface area contributed by atoms with Crippen LogP contribution in [0, 0.1) is 0 Å². The topological polar surface area (TPSA) is 35.6 Å². The third kappa shape index (κ3) is 5.49. The third-order valence-corrected chi connectivity index (χ3v) is 3.91. The van der Waals surface area contributed by atoms with Crippen LogP contribution in [0.4, 0.5) is 0 Å². The minimum Gasteiger partial charge on any atom is -0.342 e. The lowest BCUT2D eigenvalue weighted by molar-refractivity contribution is -0.133. The van der Waals surface area contributed by atoms with Crippen LogP contribution in [0.15, 0.2) is 0 Å². The summed E-state index contributed by atoms with van der Waals surface area (Å²) in [6, 6.07) is 0.584. The lowest BCUT2D eigenvalue weighted by atomic mass is 10.0. The second kappa shape index (κ2) is 9.32. The average Bonchev–Trinajstić information content (AvgIpc) is 2.45. The molecule has 1 aliphatic rings. The number of nitrogens with zero attached hydrogens (tertiary/aromatic N) is 2. The summed E-state index contributed by atoms with van der Waals surface area (Å²) in [5, 5.41) is 3.39. The molecule has 4 heteroatoms. The molecule has 0 aromatic carbocycles. The van der Waals surface area contributed by atoms with Gasteiger partial charge < -0.3 is 10.2 Å². The van der Waals surface area contributed by atoms with E-state index in [-0.39, 0.29) is 0 Å². The molecule has 0 aromatic heterocycles. The van der Waals surface area contributed by atoms with Crippen LogP contribution in [0.2, 0.25) is 0 Å². The molecule has 0 aromatic rings. The fraction of sp³-hybridized carbons (Fsp3) is 0.933. The van der Waals surface area contributed by atoms with Crippen molar-refractivity contribution >= 4 is 5.91 Å². The van der Waals surface area contributed by atoms with Gasteiger partial charge in [-0.15, -0.1) is 0 Å². The van der Waals surface area contributed by atoms with Gasteiger partial charge in [-0.25, -0.2) is 0 Å². The van der Waals surface area contributed by atoms with Gasteiger partial charge in [-0.1, -0.05) is 20.8 Å². The summed E-state index contributed by atoms with van der Waals surface area (Å²) >= 11 is 0. The van der Waals surface area contributed by atoms with Gasteiger partial charge in [0.15, 0.2) is 0 Å². The predicted octanol–water partition coefficient (Wildman–Crippen LogP) is 1.71. The standard InChI is InChI=1S/C15H31N3O/c1-4-11-18(12-5-2)15(19)13-17(6-3)14-7-9-16-10-8-14/h14,16H,4-13H2,1-3H3. The van der Waals surface area contributed by atoms with Crippen LogP contribution < -0.4 is 5.32 Å². The Kier molecular flexibility index (Phi) is 8.07. The number of rotatable bonds is 8. The monoisotopic (exact) mass is 269 g/mol. The summed E-state index contributed by atoms with van der Waals surface area (Å²) in [6.07, 6.45) is 4.43. The van der Waals surface area contributed by atoms with Crippen LogP contribution in [0.5, 0.6) is 0 Å². The molecule has 0 unspecified atom stereocenters. The second-order valence-electron chi connectivity index (χ2n) is 5.43. The highest BCUT2D eigenvalue weighted by Gasteiger charge is 2.23. The number of carbonyl (C=O) groups is 1. The molecule has 1 heterocycles. The van der Waals surface area contributed by atoms with Crippen molar-refractivity contribution in [1.82, 2.24) is 15.1 Å². The first kappa shape index (κ1) is 16.4. The van der Waals surface area contributed by atoms with E-state index in [2.05, 4.69) is 31.0 Å². The van der Waals surface area contributed by atoms with Crippen LogP contribution in [-0.4, -0.2) is 61.0 Å². The highest BCUT2D eigenvalue weighted by atomic mass is 16.2. The molecular weight excluding hydrogens is 238 g/mol. The molecule has 1 aliphatic heterocycles. The largest absolute Gasteiger partial charge is 0.342 e. The fourth-order valence-electron chi connectivity index (χ4n) is 2.85. The summed E-state index contributed by atoms with van der Waals surface area (Å²) in [5.74, 6) is 0.309. The van der Waals surface area contributed by atoms with Crippen molar-refractivity contribution in [3.05, 3.63) is 0 Å². The minimum atomic E-state index is 0.309. The Morgan fingerprint density at radius 3 is 2.16 bits per heavy atom. The molecule has 0 spiro atoms. The fourth-order valence-corrected chi connectivity index (χ4v) is 2.85. The van der Waals surface area contributed by atoms with Crippen molar-refractivity contribution in [1.29, 1.82) is 0 Å². The van der Waals surface area contributed by atoms with E-state index in [0.717, 1.165) is 45.6 Å². The first-order valence-electron chi connectivity index (χ1n) is 7.95. The molecule has 0 bridgehead atoms. The second-order valence-corrected chi connectivity index (χ2v) is 5.43. The number of hydrogen-bond acceptors (Lipinski definition) is 3. The minimum absolute atomic E-state index is 0.309. The van der Waals surface area contributed by atoms with Gasteiger partial charge in [-0.2, -0.15) is 0 Å². The summed E-state index contributed by atoms with van der Waals surface area (Å²) in [5.41, 5.74) is 0. The van der Waals surface area contributed by atoms with Crippen molar-refractivity contribution in [2.24, 2.45) is 0 Å². The van der Waals surface area contributed by atoms with Gasteiger partial charge in [0, 0.05) is 19.1 Å². The number of hydrogen-bond donors (Lipinski definition) is 1. The zero-order valence-electron chi connectivity index (χ0n) is 13.0. The Balaban J connectivity index is 2.49.